The lowest BCUT2D eigenvalue weighted by Crippen LogP contribution is -2.04. The number of benzene rings is 1. The van der Waals surface area contributed by atoms with Crippen LogP contribution in [0.25, 0.3) is 0 Å². The van der Waals surface area contributed by atoms with Crippen molar-refractivity contribution in [2.75, 3.05) is 26.9 Å². The molecule has 0 bridgehead atoms. The average Bonchev–Trinajstić information content (AvgIpc) is 2.40. The summed E-state index contributed by atoms with van der Waals surface area (Å²) in [6.45, 7) is 3.56. The lowest BCUT2D eigenvalue weighted by Gasteiger charge is -2.12. The number of ether oxygens (including phenoxy) is 3. The second kappa shape index (κ2) is 8.37. The highest BCUT2D eigenvalue weighted by Gasteiger charge is 2.10. The monoisotopic (exact) mass is 268 g/mol. The van der Waals surface area contributed by atoms with Gasteiger partial charge in [0.05, 0.1) is 18.8 Å². The molecule has 0 atom stereocenters. The standard InChI is InChI=1S/C14H20O5/c1-3-18-13-10-11(14(15)16)6-7-12(13)19-9-5-4-8-17-2/h6-7,10H,3-5,8-9H2,1-2H3,(H,15,16). The van der Waals surface area contributed by atoms with Gasteiger partial charge in [-0.2, -0.15) is 0 Å². The van der Waals surface area contributed by atoms with Gasteiger partial charge in [-0.3, -0.25) is 0 Å². The van der Waals surface area contributed by atoms with Crippen molar-refractivity contribution in [2.24, 2.45) is 0 Å². The SMILES string of the molecule is CCOc1cc(C(=O)O)ccc1OCCCCOC. The third kappa shape index (κ3) is 5.18. The smallest absolute Gasteiger partial charge is 0.335 e. The maximum absolute atomic E-state index is 10.9. The van der Waals surface area contributed by atoms with Crippen LogP contribution in [0.1, 0.15) is 30.1 Å². The van der Waals surface area contributed by atoms with Gasteiger partial charge in [-0.15, -0.1) is 0 Å². The van der Waals surface area contributed by atoms with Crippen molar-refractivity contribution < 1.29 is 24.1 Å². The van der Waals surface area contributed by atoms with Crippen LogP contribution in [0.15, 0.2) is 18.2 Å². The molecule has 0 aromatic heterocycles. The Labute approximate surface area is 113 Å². The van der Waals surface area contributed by atoms with Crippen LogP contribution >= 0.6 is 0 Å². The van der Waals surface area contributed by atoms with Crippen LogP contribution < -0.4 is 9.47 Å². The molecule has 5 nitrogen and oxygen atoms in total. The van der Waals surface area contributed by atoms with Gasteiger partial charge < -0.3 is 19.3 Å². The summed E-state index contributed by atoms with van der Waals surface area (Å²) in [5.41, 5.74) is 0.190. The molecule has 0 unspecified atom stereocenters. The minimum absolute atomic E-state index is 0.190. The summed E-state index contributed by atoms with van der Waals surface area (Å²) < 4.78 is 15.9. The van der Waals surface area contributed by atoms with E-state index >= 15 is 0 Å². The Balaban J connectivity index is 2.62. The summed E-state index contributed by atoms with van der Waals surface area (Å²) in [6.07, 6.45) is 1.80. The van der Waals surface area contributed by atoms with E-state index in [0.717, 1.165) is 12.8 Å². The topological polar surface area (TPSA) is 65.0 Å². The number of methoxy groups -OCH3 is 1. The molecular formula is C14H20O5. The Morgan fingerprint density at radius 2 is 1.89 bits per heavy atom. The highest BCUT2D eigenvalue weighted by molar-refractivity contribution is 5.88. The third-order valence-corrected chi connectivity index (χ3v) is 2.49. The molecule has 5 heteroatoms. The highest BCUT2D eigenvalue weighted by Crippen LogP contribution is 2.28. The Morgan fingerprint density at radius 3 is 2.53 bits per heavy atom. The van der Waals surface area contributed by atoms with Crippen molar-refractivity contribution in [1.82, 2.24) is 0 Å². The number of hydrogen-bond donors (Lipinski definition) is 1. The first-order valence-electron chi connectivity index (χ1n) is 6.31. The van der Waals surface area contributed by atoms with Crippen LogP contribution in [-0.2, 0) is 4.74 Å². The van der Waals surface area contributed by atoms with Gasteiger partial charge in [-0.25, -0.2) is 4.79 Å². The van der Waals surface area contributed by atoms with Crippen LogP contribution in [0.2, 0.25) is 0 Å². The summed E-state index contributed by atoms with van der Waals surface area (Å²) in [7, 11) is 1.67. The van der Waals surface area contributed by atoms with E-state index in [4.69, 9.17) is 19.3 Å². The first kappa shape index (κ1) is 15.3. The van der Waals surface area contributed by atoms with Crippen LogP contribution in [0, 0.1) is 0 Å². The number of aromatic carboxylic acids is 1. The number of hydrogen-bond acceptors (Lipinski definition) is 4. The lowest BCUT2D eigenvalue weighted by atomic mass is 10.2. The molecule has 0 amide bonds. The number of unbranched alkanes of at least 4 members (excludes halogenated alkanes) is 1. The molecule has 0 heterocycles. The van der Waals surface area contributed by atoms with Gasteiger partial charge in [0.15, 0.2) is 11.5 Å². The van der Waals surface area contributed by atoms with E-state index in [2.05, 4.69) is 0 Å². The Kier molecular flexibility index (Phi) is 6.74. The fourth-order valence-electron chi connectivity index (χ4n) is 1.56. The van der Waals surface area contributed by atoms with Gasteiger partial charge in [0.2, 0.25) is 0 Å². The first-order chi connectivity index (χ1) is 9.19. The first-order valence-corrected chi connectivity index (χ1v) is 6.31. The van der Waals surface area contributed by atoms with Gasteiger partial charge in [0.1, 0.15) is 0 Å². The predicted molar refractivity (Wildman–Crippen MR) is 71.2 cm³/mol. The van der Waals surface area contributed by atoms with Crippen LogP contribution in [0.3, 0.4) is 0 Å². The number of carboxylic acid groups (broad SMARTS) is 1. The fraction of sp³-hybridized carbons (Fsp3) is 0.500. The zero-order chi connectivity index (χ0) is 14.1. The quantitative estimate of drug-likeness (QED) is 0.697. The van der Waals surface area contributed by atoms with E-state index in [1.165, 1.54) is 12.1 Å². The third-order valence-electron chi connectivity index (χ3n) is 2.49. The second-order valence-electron chi connectivity index (χ2n) is 3.95. The van der Waals surface area contributed by atoms with E-state index in [-0.39, 0.29) is 5.56 Å². The molecular weight excluding hydrogens is 248 g/mol. The fourth-order valence-corrected chi connectivity index (χ4v) is 1.56. The predicted octanol–water partition coefficient (Wildman–Crippen LogP) is 2.59. The molecule has 0 saturated carbocycles. The molecule has 0 radical (unpaired) electrons. The van der Waals surface area contributed by atoms with Gasteiger partial charge >= 0.3 is 5.97 Å². The second-order valence-corrected chi connectivity index (χ2v) is 3.95. The molecule has 1 aromatic carbocycles. The van der Waals surface area contributed by atoms with Crippen LogP contribution in [-0.4, -0.2) is 38.0 Å². The molecule has 0 aliphatic heterocycles. The van der Waals surface area contributed by atoms with Crippen molar-refractivity contribution in [3.05, 3.63) is 23.8 Å². The normalized spacial score (nSPS) is 10.2. The molecule has 0 aliphatic rings. The van der Waals surface area contributed by atoms with Crippen molar-refractivity contribution in [3.8, 4) is 11.5 Å². The maximum Gasteiger partial charge on any atom is 0.335 e. The van der Waals surface area contributed by atoms with E-state index < -0.39 is 5.97 Å². The average molecular weight is 268 g/mol. The van der Waals surface area contributed by atoms with Gasteiger partial charge in [-0.05, 0) is 38.0 Å². The van der Waals surface area contributed by atoms with Crippen molar-refractivity contribution in [3.63, 3.8) is 0 Å². The number of carboxylic acids is 1. The molecule has 0 fully saturated rings. The van der Waals surface area contributed by atoms with Gasteiger partial charge in [-0.1, -0.05) is 0 Å². The Bertz CT molecular complexity index is 403. The molecule has 1 aromatic rings. The molecule has 0 spiro atoms. The van der Waals surface area contributed by atoms with E-state index in [1.54, 1.807) is 13.2 Å². The molecule has 1 N–H and O–H groups in total. The molecule has 19 heavy (non-hydrogen) atoms. The summed E-state index contributed by atoms with van der Waals surface area (Å²) in [4.78, 5) is 10.9. The Hall–Kier alpha value is -1.75. The van der Waals surface area contributed by atoms with E-state index in [1.807, 2.05) is 6.92 Å². The van der Waals surface area contributed by atoms with E-state index in [0.29, 0.717) is 31.3 Å². The molecule has 0 aliphatic carbocycles. The van der Waals surface area contributed by atoms with E-state index in [9.17, 15) is 4.79 Å². The van der Waals surface area contributed by atoms with Gasteiger partial charge in [0, 0.05) is 13.7 Å². The summed E-state index contributed by atoms with van der Waals surface area (Å²) in [6, 6.07) is 4.62. The number of carbonyl (C=O) groups is 1. The van der Waals surface area contributed by atoms with Crippen molar-refractivity contribution in [2.45, 2.75) is 19.8 Å². The largest absolute Gasteiger partial charge is 0.490 e. The summed E-state index contributed by atoms with van der Waals surface area (Å²) in [5, 5.41) is 8.93. The number of rotatable bonds is 9. The minimum Gasteiger partial charge on any atom is -0.490 e. The van der Waals surface area contributed by atoms with Crippen molar-refractivity contribution >= 4 is 5.97 Å². The molecule has 1 rings (SSSR count). The van der Waals surface area contributed by atoms with Gasteiger partial charge in [0.25, 0.3) is 0 Å². The minimum atomic E-state index is -0.979. The Morgan fingerprint density at radius 1 is 1.16 bits per heavy atom. The zero-order valence-corrected chi connectivity index (χ0v) is 11.3. The zero-order valence-electron chi connectivity index (χ0n) is 11.3. The lowest BCUT2D eigenvalue weighted by molar-refractivity contribution is 0.0696. The van der Waals surface area contributed by atoms with Crippen molar-refractivity contribution in [1.29, 1.82) is 0 Å². The maximum atomic E-state index is 10.9. The molecule has 0 saturated heterocycles. The summed E-state index contributed by atoms with van der Waals surface area (Å²) >= 11 is 0. The van der Waals surface area contributed by atoms with Crippen LogP contribution in [0.4, 0.5) is 0 Å². The highest BCUT2D eigenvalue weighted by atomic mass is 16.5. The summed E-state index contributed by atoms with van der Waals surface area (Å²) in [5.74, 6) is 0.0611. The molecule has 106 valence electrons. The van der Waals surface area contributed by atoms with Crippen LogP contribution in [0.5, 0.6) is 11.5 Å².